The minimum atomic E-state index is 0.0458. The summed E-state index contributed by atoms with van der Waals surface area (Å²) < 4.78 is 5.63. The Morgan fingerprint density at radius 3 is 3.04 bits per heavy atom. The largest absolute Gasteiger partial charge is 0.372 e. The van der Waals surface area contributed by atoms with Crippen LogP contribution in [0.25, 0.3) is 0 Å². The molecule has 4 heteroatoms. The Bertz CT molecular complexity index is 654. The van der Waals surface area contributed by atoms with Crippen molar-refractivity contribution in [3.05, 3.63) is 51.5 Å². The second kappa shape index (κ2) is 7.12. The van der Waals surface area contributed by atoms with Gasteiger partial charge in [-0.2, -0.15) is 0 Å². The van der Waals surface area contributed by atoms with Crippen LogP contribution in [0.15, 0.2) is 29.6 Å². The minimum absolute atomic E-state index is 0.0458. The third kappa shape index (κ3) is 3.65. The van der Waals surface area contributed by atoms with E-state index in [0.717, 1.165) is 23.9 Å². The molecule has 1 N–H and O–H groups in total. The highest BCUT2D eigenvalue weighted by molar-refractivity contribution is 7.09. The smallest absolute Gasteiger partial charge is 0.122 e. The lowest BCUT2D eigenvalue weighted by molar-refractivity contribution is 0.0761. The molecule has 23 heavy (non-hydrogen) atoms. The summed E-state index contributed by atoms with van der Waals surface area (Å²) in [7, 11) is 0. The molecule has 0 aliphatic heterocycles. The zero-order chi connectivity index (χ0) is 16.3. The van der Waals surface area contributed by atoms with Gasteiger partial charge < -0.3 is 10.1 Å². The Kier molecular flexibility index (Phi) is 5.14. The van der Waals surface area contributed by atoms with Crippen molar-refractivity contribution in [3.63, 3.8) is 0 Å². The third-order valence-corrected chi connectivity index (χ3v) is 5.78. The summed E-state index contributed by atoms with van der Waals surface area (Å²) in [5.41, 5.74) is 4.09. The maximum absolute atomic E-state index is 5.63. The Balaban J connectivity index is 1.69. The molecule has 124 valence electrons. The van der Waals surface area contributed by atoms with Gasteiger partial charge in [0.1, 0.15) is 11.1 Å². The zero-order valence-electron chi connectivity index (χ0n) is 14.3. The van der Waals surface area contributed by atoms with E-state index in [0.29, 0.717) is 0 Å². The predicted octanol–water partition coefficient (Wildman–Crippen LogP) is 4.58. The van der Waals surface area contributed by atoms with Gasteiger partial charge in [-0.05, 0) is 51.2 Å². The molecule has 0 spiro atoms. The molecule has 0 unspecified atom stereocenters. The van der Waals surface area contributed by atoms with E-state index in [9.17, 15) is 0 Å². The average molecular weight is 330 g/mol. The standard InChI is InChI=1S/C19H26N2OS/c1-4-22-14(2)18-21-16(13-23-18)12-20-19(3)11-7-9-15-8-5-6-10-17(15)19/h5-6,8,10,13-14,20H,4,7,9,11-12H2,1-3H3/t14-,19+/m1/s1. The van der Waals surface area contributed by atoms with Crippen molar-refractivity contribution < 1.29 is 4.74 Å². The highest BCUT2D eigenvalue weighted by Crippen LogP contribution is 2.35. The first-order valence-corrected chi connectivity index (χ1v) is 9.39. The Hall–Kier alpha value is -1.23. The van der Waals surface area contributed by atoms with E-state index < -0.39 is 0 Å². The SMILES string of the molecule is CCO[C@H](C)c1nc(CN[C@@]2(C)CCCc3ccccc32)cs1. The van der Waals surface area contributed by atoms with Crippen molar-refractivity contribution in [1.82, 2.24) is 10.3 Å². The summed E-state index contributed by atoms with van der Waals surface area (Å²) in [5.74, 6) is 0. The second-order valence-electron chi connectivity index (χ2n) is 6.47. The first-order chi connectivity index (χ1) is 11.1. The molecule has 0 amide bonds. The number of nitrogens with zero attached hydrogens (tertiary/aromatic N) is 1. The third-order valence-electron chi connectivity index (χ3n) is 4.73. The van der Waals surface area contributed by atoms with Gasteiger partial charge in [-0.15, -0.1) is 11.3 Å². The maximum Gasteiger partial charge on any atom is 0.122 e. The van der Waals surface area contributed by atoms with E-state index in [1.54, 1.807) is 11.3 Å². The van der Waals surface area contributed by atoms with E-state index in [1.165, 1.54) is 30.4 Å². The summed E-state index contributed by atoms with van der Waals surface area (Å²) in [6.45, 7) is 7.94. The van der Waals surface area contributed by atoms with Crippen LogP contribution >= 0.6 is 11.3 Å². The molecule has 0 radical (unpaired) electrons. The number of ether oxygens (including phenoxy) is 1. The van der Waals surface area contributed by atoms with Crippen LogP contribution in [-0.4, -0.2) is 11.6 Å². The van der Waals surface area contributed by atoms with Crippen molar-refractivity contribution in [3.8, 4) is 0 Å². The van der Waals surface area contributed by atoms with E-state index in [4.69, 9.17) is 9.72 Å². The summed E-state index contributed by atoms with van der Waals surface area (Å²) in [6, 6.07) is 8.82. The van der Waals surface area contributed by atoms with Crippen LogP contribution in [0.4, 0.5) is 0 Å². The zero-order valence-corrected chi connectivity index (χ0v) is 15.1. The van der Waals surface area contributed by atoms with E-state index >= 15 is 0 Å². The molecule has 3 nitrogen and oxygen atoms in total. The first kappa shape index (κ1) is 16.6. The number of aryl methyl sites for hydroxylation is 1. The quantitative estimate of drug-likeness (QED) is 0.841. The number of hydrogen-bond donors (Lipinski definition) is 1. The van der Waals surface area contributed by atoms with Crippen molar-refractivity contribution in [2.75, 3.05) is 6.61 Å². The van der Waals surface area contributed by atoms with Gasteiger partial charge in [0, 0.05) is 24.1 Å². The van der Waals surface area contributed by atoms with Gasteiger partial charge in [-0.3, -0.25) is 0 Å². The van der Waals surface area contributed by atoms with Crippen molar-refractivity contribution in [2.24, 2.45) is 0 Å². The number of rotatable bonds is 6. The summed E-state index contributed by atoms with van der Waals surface area (Å²) >= 11 is 1.69. The molecule has 1 aliphatic rings. The van der Waals surface area contributed by atoms with E-state index in [2.05, 4.69) is 48.8 Å². The van der Waals surface area contributed by atoms with Crippen LogP contribution in [0.1, 0.15) is 61.5 Å². The predicted molar refractivity (Wildman–Crippen MR) is 95.7 cm³/mol. The molecular weight excluding hydrogens is 304 g/mol. The molecule has 2 atom stereocenters. The Morgan fingerprint density at radius 1 is 1.39 bits per heavy atom. The lowest BCUT2D eigenvalue weighted by Gasteiger charge is -2.37. The topological polar surface area (TPSA) is 34.1 Å². The van der Waals surface area contributed by atoms with Gasteiger partial charge in [0.05, 0.1) is 5.69 Å². The maximum atomic E-state index is 5.63. The molecule has 3 rings (SSSR count). The van der Waals surface area contributed by atoms with Gasteiger partial charge in [0.25, 0.3) is 0 Å². The summed E-state index contributed by atoms with van der Waals surface area (Å²) in [6.07, 6.45) is 3.70. The fourth-order valence-corrected chi connectivity index (χ4v) is 4.25. The lowest BCUT2D eigenvalue weighted by Crippen LogP contribution is -2.41. The lowest BCUT2D eigenvalue weighted by atomic mass is 9.78. The van der Waals surface area contributed by atoms with Gasteiger partial charge in [0.2, 0.25) is 0 Å². The number of benzene rings is 1. The van der Waals surface area contributed by atoms with Crippen molar-refractivity contribution in [2.45, 2.75) is 58.2 Å². The van der Waals surface area contributed by atoms with E-state index in [1.807, 2.05) is 6.92 Å². The normalized spacial score (nSPS) is 21.9. The van der Waals surface area contributed by atoms with Gasteiger partial charge in [-0.1, -0.05) is 24.3 Å². The highest BCUT2D eigenvalue weighted by atomic mass is 32.1. The van der Waals surface area contributed by atoms with Gasteiger partial charge >= 0.3 is 0 Å². The van der Waals surface area contributed by atoms with Gasteiger partial charge in [0.15, 0.2) is 0 Å². The van der Waals surface area contributed by atoms with Crippen LogP contribution in [0.3, 0.4) is 0 Å². The molecule has 1 aliphatic carbocycles. The van der Waals surface area contributed by atoms with Crippen LogP contribution in [0, 0.1) is 0 Å². The molecule has 1 aromatic heterocycles. The minimum Gasteiger partial charge on any atom is -0.372 e. The Morgan fingerprint density at radius 2 is 2.22 bits per heavy atom. The fraction of sp³-hybridized carbons (Fsp3) is 0.526. The Labute approximate surface area is 143 Å². The van der Waals surface area contributed by atoms with Crippen LogP contribution in [-0.2, 0) is 23.2 Å². The number of thiazole rings is 1. The van der Waals surface area contributed by atoms with E-state index in [-0.39, 0.29) is 11.6 Å². The fourth-order valence-electron chi connectivity index (χ4n) is 3.42. The first-order valence-electron chi connectivity index (χ1n) is 8.51. The van der Waals surface area contributed by atoms with Gasteiger partial charge in [-0.25, -0.2) is 4.98 Å². The molecule has 0 bridgehead atoms. The monoisotopic (exact) mass is 330 g/mol. The molecule has 1 aromatic carbocycles. The average Bonchev–Trinajstić information content (AvgIpc) is 3.03. The van der Waals surface area contributed by atoms with Crippen molar-refractivity contribution >= 4 is 11.3 Å². The highest BCUT2D eigenvalue weighted by Gasteiger charge is 2.31. The second-order valence-corrected chi connectivity index (χ2v) is 7.36. The molecule has 0 saturated carbocycles. The molecule has 2 aromatic rings. The number of fused-ring (bicyclic) bond motifs is 1. The number of aromatic nitrogens is 1. The molecular formula is C19H26N2OS. The summed E-state index contributed by atoms with van der Waals surface area (Å²) in [4.78, 5) is 4.73. The van der Waals surface area contributed by atoms with Crippen molar-refractivity contribution in [1.29, 1.82) is 0 Å². The summed E-state index contributed by atoms with van der Waals surface area (Å²) in [5, 5.41) is 6.97. The van der Waals surface area contributed by atoms with Crippen LogP contribution < -0.4 is 5.32 Å². The number of nitrogens with one attached hydrogen (secondary N) is 1. The van der Waals surface area contributed by atoms with Crippen LogP contribution in [0.5, 0.6) is 0 Å². The molecule has 1 heterocycles. The number of hydrogen-bond acceptors (Lipinski definition) is 4. The molecule has 0 fully saturated rings. The van der Waals surface area contributed by atoms with Crippen LogP contribution in [0.2, 0.25) is 0 Å². The molecule has 0 saturated heterocycles.